The van der Waals surface area contributed by atoms with Crippen molar-refractivity contribution in [2.75, 3.05) is 6.61 Å². The molecule has 1 saturated heterocycles. The van der Waals surface area contributed by atoms with E-state index in [1.165, 1.54) is 0 Å². The van der Waals surface area contributed by atoms with Crippen molar-refractivity contribution in [2.45, 2.75) is 25.7 Å². The average molecular weight is 236 g/mol. The van der Waals surface area contributed by atoms with Crippen LogP contribution >= 0.6 is 0 Å². The molecule has 3 rings (SSSR count). The molecule has 4 heteroatoms. The van der Waals surface area contributed by atoms with Crippen LogP contribution in [0.5, 0.6) is 0 Å². The molecule has 1 spiro atoms. The summed E-state index contributed by atoms with van der Waals surface area (Å²) in [4.78, 5) is 23.1. The Morgan fingerprint density at radius 3 is 3.00 bits per heavy atom. The molecule has 1 saturated carbocycles. The lowest BCUT2D eigenvalue weighted by atomic mass is 9.55. The summed E-state index contributed by atoms with van der Waals surface area (Å²) in [6.07, 6.45) is 7.92. The maximum atomic E-state index is 11.9. The number of hydrogen-bond acceptors (Lipinski definition) is 3. The predicted octanol–water partition coefficient (Wildman–Crippen LogP) is 1.61. The minimum Gasteiger partial charge on any atom is -0.481 e. The van der Waals surface area contributed by atoms with Crippen molar-refractivity contribution in [1.82, 2.24) is 0 Å². The summed E-state index contributed by atoms with van der Waals surface area (Å²) in [5, 5.41) is 9.23. The Kier molecular flexibility index (Phi) is 2.28. The standard InChI is InChI=1S/C13H16O4/c14-11(15)9-5-4-8-3-1-2-6-13(8)7-17-12(16)10(9)13/h4-5,8-10H,1-3,6-7H2,(H,14,15)/t8-,9-,10-,13-/m1/s1. The molecule has 1 N–H and O–H groups in total. The number of allylic oxidation sites excluding steroid dienone is 1. The van der Waals surface area contributed by atoms with Crippen LogP contribution in [-0.2, 0) is 14.3 Å². The molecule has 17 heavy (non-hydrogen) atoms. The van der Waals surface area contributed by atoms with Gasteiger partial charge in [0, 0.05) is 5.41 Å². The summed E-state index contributed by atoms with van der Waals surface area (Å²) in [5.74, 6) is -2.06. The molecular formula is C13H16O4. The number of ether oxygens (including phenoxy) is 1. The van der Waals surface area contributed by atoms with E-state index in [0.717, 1.165) is 25.7 Å². The fourth-order valence-corrected chi connectivity index (χ4v) is 3.86. The van der Waals surface area contributed by atoms with Gasteiger partial charge in [-0.1, -0.05) is 25.0 Å². The van der Waals surface area contributed by atoms with E-state index in [-0.39, 0.29) is 11.4 Å². The molecule has 1 heterocycles. The van der Waals surface area contributed by atoms with E-state index in [2.05, 4.69) is 0 Å². The third kappa shape index (κ3) is 1.36. The van der Waals surface area contributed by atoms with Gasteiger partial charge in [0.15, 0.2) is 0 Å². The molecule has 2 aliphatic carbocycles. The first kappa shape index (κ1) is 10.8. The Bertz CT molecular complexity index is 400. The van der Waals surface area contributed by atoms with Crippen LogP contribution in [-0.4, -0.2) is 23.7 Å². The summed E-state index contributed by atoms with van der Waals surface area (Å²) >= 11 is 0. The second-order valence-corrected chi connectivity index (χ2v) is 5.42. The van der Waals surface area contributed by atoms with Crippen LogP contribution < -0.4 is 0 Å². The van der Waals surface area contributed by atoms with E-state index in [9.17, 15) is 14.7 Å². The third-order valence-corrected chi connectivity index (χ3v) is 4.70. The van der Waals surface area contributed by atoms with Gasteiger partial charge in [-0.15, -0.1) is 0 Å². The van der Waals surface area contributed by atoms with Gasteiger partial charge in [0.1, 0.15) is 0 Å². The molecule has 4 atom stereocenters. The number of hydrogen-bond donors (Lipinski definition) is 1. The van der Waals surface area contributed by atoms with Gasteiger partial charge >= 0.3 is 11.9 Å². The van der Waals surface area contributed by atoms with Crippen LogP contribution in [0.4, 0.5) is 0 Å². The van der Waals surface area contributed by atoms with Crippen molar-refractivity contribution in [1.29, 1.82) is 0 Å². The van der Waals surface area contributed by atoms with Gasteiger partial charge in [-0.05, 0) is 18.8 Å². The zero-order valence-electron chi connectivity index (χ0n) is 9.59. The molecule has 0 unspecified atom stereocenters. The summed E-state index contributed by atoms with van der Waals surface area (Å²) in [7, 11) is 0. The average Bonchev–Trinajstić information content (AvgIpc) is 2.65. The molecule has 2 fully saturated rings. The molecule has 1 aliphatic heterocycles. The van der Waals surface area contributed by atoms with E-state index >= 15 is 0 Å². The minimum absolute atomic E-state index is 0.229. The summed E-state index contributed by atoms with van der Waals surface area (Å²) in [5.41, 5.74) is -0.229. The molecule has 0 radical (unpaired) electrons. The Labute approximate surface area is 99.6 Å². The molecule has 0 aromatic heterocycles. The molecular weight excluding hydrogens is 220 g/mol. The van der Waals surface area contributed by atoms with Crippen molar-refractivity contribution in [3.05, 3.63) is 12.2 Å². The van der Waals surface area contributed by atoms with E-state index in [1.54, 1.807) is 6.08 Å². The van der Waals surface area contributed by atoms with Gasteiger partial charge in [-0.3, -0.25) is 9.59 Å². The van der Waals surface area contributed by atoms with Gasteiger partial charge < -0.3 is 9.84 Å². The number of aliphatic carboxylic acids is 1. The Morgan fingerprint density at radius 2 is 2.24 bits per heavy atom. The summed E-state index contributed by atoms with van der Waals surface area (Å²) < 4.78 is 5.20. The summed E-state index contributed by atoms with van der Waals surface area (Å²) in [6.45, 7) is 0.412. The first-order valence-electron chi connectivity index (χ1n) is 6.23. The van der Waals surface area contributed by atoms with Gasteiger partial charge in [0.2, 0.25) is 0 Å². The Balaban J connectivity index is 2.05. The minimum atomic E-state index is -0.909. The molecule has 92 valence electrons. The highest BCUT2D eigenvalue weighted by atomic mass is 16.5. The number of cyclic esters (lactones) is 1. The van der Waals surface area contributed by atoms with Crippen LogP contribution in [0.25, 0.3) is 0 Å². The quantitative estimate of drug-likeness (QED) is 0.555. The molecule has 4 nitrogen and oxygen atoms in total. The van der Waals surface area contributed by atoms with E-state index in [0.29, 0.717) is 12.5 Å². The second-order valence-electron chi connectivity index (χ2n) is 5.42. The number of carboxylic acids is 1. The number of carbonyl (C=O) groups is 2. The van der Waals surface area contributed by atoms with Crippen LogP contribution in [0.1, 0.15) is 25.7 Å². The van der Waals surface area contributed by atoms with Crippen molar-refractivity contribution >= 4 is 11.9 Å². The SMILES string of the molecule is O=C(O)[C@@H]1C=C[C@H]2CCCC[C@@]23COC(=O)[C@@H]13. The van der Waals surface area contributed by atoms with Crippen LogP contribution in [0.15, 0.2) is 12.2 Å². The van der Waals surface area contributed by atoms with E-state index in [4.69, 9.17) is 4.74 Å². The maximum Gasteiger partial charge on any atom is 0.311 e. The zero-order valence-corrected chi connectivity index (χ0v) is 9.59. The maximum absolute atomic E-state index is 11.9. The van der Waals surface area contributed by atoms with Crippen LogP contribution in [0.2, 0.25) is 0 Å². The molecule has 3 aliphatic rings. The third-order valence-electron chi connectivity index (χ3n) is 4.70. The molecule has 0 aromatic rings. The fourth-order valence-electron chi connectivity index (χ4n) is 3.86. The Hall–Kier alpha value is -1.32. The monoisotopic (exact) mass is 236 g/mol. The Morgan fingerprint density at radius 1 is 1.41 bits per heavy atom. The largest absolute Gasteiger partial charge is 0.481 e. The van der Waals surface area contributed by atoms with E-state index in [1.807, 2.05) is 6.08 Å². The van der Waals surface area contributed by atoms with Gasteiger partial charge in [-0.2, -0.15) is 0 Å². The van der Waals surface area contributed by atoms with Crippen molar-refractivity contribution < 1.29 is 19.4 Å². The number of rotatable bonds is 1. The number of carbonyl (C=O) groups excluding carboxylic acids is 1. The van der Waals surface area contributed by atoms with Crippen molar-refractivity contribution in [3.63, 3.8) is 0 Å². The van der Waals surface area contributed by atoms with Crippen molar-refractivity contribution in [3.8, 4) is 0 Å². The van der Waals surface area contributed by atoms with E-state index < -0.39 is 17.8 Å². The van der Waals surface area contributed by atoms with Gasteiger partial charge in [0.05, 0.1) is 18.4 Å². The highest BCUT2D eigenvalue weighted by molar-refractivity contribution is 5.85. The lowest BCUT2D eigenvalue weighted by Gasteiger charge is -2.45. The lowest BCUT2D eigenvalue weighted by Crippen LogP contribution is -2.47. The first-order valence-corrected chi connectivity index (χ1v) is 6.23. The molecule has 0 aromatic carbocycles. The van der Waals surface area contributed by atoms with Gasteiger partial charge in [-0.25, -0.2) is 0 Å². The number of carboxylic acid groups (broad SMARTS) is 1. The fraction of sp³-hybridized carbons (Fsp3) is 0.692. The molecule has 0 amide bonds. The predicted molar refractivity (Wildman–Crippen MR) is 59.1 cm³/mol. The van der Waals surface area contributed by atoms with Crippen LogP contribution in [0.3, 0.4) is 0 Å². The highest BCUT2D eigenvalue weighted by Crippen LogP contribution is 2.56. The first-order chi connectivity index (χ1) is 8.15. The molecule has 0 bridgehead atoms. The zero-order chi connectivity index (χ0) is 12.0. The second kappa shape index (κ2) is 3.59. The summed E-state index contributed by atoms with van der Waals surface area (Å²) in [6, 6.07) is 0. The topological polar surface area (TPSA) is 63.6 Å². The van der Waals surface area contributed by atoms with Gasteiger partial charge in [0.25, 0.3) is 0 Å². The highest BCUT2D eigenvalue weighted by Gasteiger charge is 2.60. The lowest BCUT2D eigenvalue weighted by molar-refractivity contribution is -0.151. The number of esters is 1. The normalized spacial score (nSPS) is 43.8. The smallest absolute Gasteiger partial charge is 0.311 e. The van der Waals surface area contributed by atoms with Crippen molar-refractivity contribution in [2.24, 2.45) is 23.2 Å². The van der Waals surface area contributed by atoms with Crippen LogP contribution in [0, 0.1) is 23.2 Å².